The lowest BCUT2D eigenvalue weighted by molar-refractivity contribution is -0.123. The molecule has 1 atom stereocenters. The van der Waals surface area contributed by atoms with Gasteiger partial charge in [-0.3, -0.25) is 9.59 Å². The number of piperidine rings is 1. The lowest BCUT2D eigenvalue weighted by atomic mass is 9.79. The minimum atomic E-state index is -0.621. The predicted octanol–water partition coefficient (Wildman–Crippen LogP) is 1.59. The maximum atomic E-state index is 12.3. The lowest BCUT2D eigenvalue weighted by Crippen LogP contribution is -2.51. The molecule has 1 aromatic carbocycles. The van der Waals surface area contributed by atoms with Crippen molar-refractivity contribution in [3.63, 3.8) is 0 Å². The zero-order chi connectivity index (χ0) is 18.3. The van der Waals surface area contributed by atoms with Crippen LogP contribution in [-0.4, -0.2) is 51.2 Å². The predicted molar refractivity (Wildman–Crippen MR) is 97.8 cm³/mol. The van der Waals surface area contributed by atoms with Crippen LogP contribution in [0.1, 0.15) is 30.1 Å². The molecule has 0 saturated carbocycles. The lowest BCUT2D eigenvalue weighted by Gasteiger charge is -2.37. The van der Waals surface area contributed by atoms with Crippen LogP contribution < -0.4 is 16.0 Å². The van der Waals surface area contributed by atoms with Gasteiger partial charge < -0.3 is 20.7 Å². The molecular formula is C18H26ClN3O3. The number of halogens is 1. The first-order valence-corrected chi connectivity index (χ1v) is 8.87. The van der Waals surface area contributed by atoms with Crippen LogP contribution in [0, 0.1) is 5.41 Å². The normalized spacial score (nSPS) is 17.6. The zero-order valence-electron chi connectivity index (χ0n) is 14.7. The van der Waals surface area contributed by atoms with Crippen molar-refractivity contribution in [2.24, 2.45) is 5.41 Å². The number of ether oxygens (including phenoxy) is 1. The van der Waals surface area contributed by atoms with Crippen molar-refractivity contribution in [2.75, 3.05) is 33.4 Å². The van der Waals surface area contributed by atoms with Crippen LogP contribution in [-0.2, 0) is 9.53 Å². The maximum absolute atomic E-state index is 12.3. The Morgan fingerprint density at radius 1 is 1.28 bits per heavy atom. The van der Waals surface area contributed by atoms with Crippen molar-refractivity contribution in [3.05, 3.63) is 34.9 Å². The van der Waals surface area contributed by atoms with E-state index in [4.69, 9.17) is 16.3 Å². The van der Waals surface area contributed by atoms with Gasteiger partial charge in [-0.15, -0.1) is 0 Å². The van der Waals surface area contributed by atoms with E-state index in [0.29, 0.717) is 23.7 Å². The molecule has 25 heavy (non-hydrogen) atoms. The van der Waals surface area contributed by atoms with Crippen LogP contribution in [0.15, 0.2) is 24.3 Å². The number of methoxy groups -OCH3 is 1. The molecule has 2 rings (SSSR count). The Balaban J connectivity index is 1.86. The number of nitrogens with one attached hydrogen (secondary N) is 3. The highest BCUT2D eigenvalue weighted by molar-refractivity contribution is 6.30. The SMILES string of the molecule is COCC1(CNC(=O)C(C)NC(=O)c2ccc(Cl)cc2)CCNCC1. The van der Waals surface area contributed by atoms with E-state index in [1.807, 2.05) is 0 Å². The second-order valence-corrected chi connectivity index (χ2v) is 7.04. The third kappa shape index (κ3) is 5.70. The van der Waals surface area contributed by atoms with Gasteiger partial charge in [-0.2, -0.15) is 0 Å². The highest BCUT2D eigenvalue weighted by Crippen LogP contribution is 2.28. The van der Waals surface area contributed by atoms with E-state index >= 15 is 0 Å². The summed E-state index contributed by atoms with van der Waals surface area (Å²) < 4.78 is 5.35. The molecule has 1 aliphatic heterocycles. The topological polar surface area (TPSA) is 79.5 Å². The number of amides is 2. The van der Waals surface area contributed by atoms with Gasteiger partial charge in [-0.05, 0) is 57.1 Å². The van der Waals surface area contributed by atoms with Crippen molar-refractivity contribution in [3.8, 4) is 0 Å². The van der Waals surface area contributed by atoms with E-state index in [1.165, 1.54) is 0 Å². The first-order valence-electron chi connectivity index (χ1n) is 8.50. The summed E-state index contributed by atoms with van der Waals surface area (Å²) >= 11 is 5.82. The first-order chi connectivity index (χ1) is 12.0. The Hall–Kier alpha value is -1.63. The van der Waals surface area contributed by atoms with Gasteiger partial charge in [-0.1, -0.05) is 11.6 Å². The molecule has 0 aliphatic carbocycles. The van der Waals surface area contributed by atoms with Crippen LogP contribution in [0.4, 0.5) is 0 Å². The first kappa shape index (κ1) is 19.7. The molecule has 1 aliphatic rings. The molecule has 138 valence electrons. The number of hydrogen-bond acceptors (Lipinski definition) is 4. The van der Waals surface area contributed by atoms with Gasteiger partial charge in [0, 0.05) is 29.7 Å². The van der Waals surface area contributed by atoms with E-state index in [0.717, 1.165) is 25.9 Å². The molecule has 0 aromatic heterocycles. The minimum absolute atomic E-state index is 0.0461. The molecule has 1 fully saturated rings. The smallest absolute Gasteiger partial charge is 0.251 e. The average molecular weight is 368 g/mol. The van der Waals surface area contributed by atoms with E-state index in [1.54, 1.807) is 38.3 Å². The fourth-order valence-corrected chi connectivity index (χ4v) is 3.14. The molecule has 1 heterocycles. The van der Waals surface area contributed by atoms with Crippen molar-refractivity contribution >= 4 is 23.4 Å². The van der Waals surface area contributed by atoms with Crippen LogP contribution in [0.2, 0.25) is 5.02 Å². The molecule has 2 amide bonds. The van der Waals surface area contributed by atoms with Crippen LogP contribution in [0.25, 0.3) is 0 Å². The average Bonchev–Trinajstić information content (AvgIpc) is 2.61. The molecule has 3 N–H and O–H groups in total. The van der Waals surface area contributed by atoms with Gasteiger partial charge in [0.1, 0.15) is 6.04 Å². The van der Waals surface area contributed by atoms with Gasteiger partial charge in [0.15, 0.2) is 0 Å². The Labute approximate surface area is 153 Å². The van der Waals surface area contributed by atoms with Gasteiger partial charge >= 0.3 is 0 Å². The van der Waals surface area contributed by atoms with Crippen molar-refractivity contribution in [1.82, 2.24) is 16.0 Å². The fourth-order valence-electron chi connectivity index (χ4n) is 3.01. The number of carbonyl (C=O) groups is 2. The van der Waals surface area contributed by atoms with Crippen molar-refractivity contribution in [1.29, 1.82) is 0 Å². The summed E-state index contributed by atoms with van der Waals surface area (Å²) in [5.74, 6) is -0.496. The fraction of sp³-hybridized carbons (Fsp3) is 0.556. The van der Waals surface area contributed by atoms with E-state index in [-0.39, 0.29) is 17.2 Å². The summed E-state index contributed by atoms with van der Waals surface area (Å²) in [6.07, 6.45) is 1.90. The molecule has 1 saturated heterocycles. The standard InChI is InChI=1S/C18H26ClN3O3/c1-13(22-17(24)14-3-5-15(19)6-4-14)16(23)21-11-18(12-25-2)7-9-20-10-8-18/h3-6,13,20H,7-12H2,1-2H3,(H,21,23)(H,22,24). The van der Waals surface area contributed by atoms with Gasteiger partial charge in [0.05, 0.1) is 6.61 Å². The second kappa shape index (κ2) is 9.17. The molecule has 6 nitrogen and oxygen atoms in total. The highest BCUT2D eigenvalue weighted by atomic mass is 35.5. The Bertz CT molecular complexity index is 580. The second-order valence-electron chi connectivity index (χ2n) is 6.60. The molecule has 0 radical (unpaired) electrons. The molecule has 1 unspecified atom stereocenters. The summed E-state index contributed by atoms with van der Waals surface area (Å²) in [5.41, 5.74) is 0.425. The van der Waals surface area contributed by atoms with Crippen LogP contribution in [0.5, 0.6) is 0 Å². The quantitative estimate of drug-likeness (QED) is 0.683. The molecule has 1 aromatic rings. The summed E-state index contributed by atoms with van der Waals surface area (Å²) in [4.78, 5) is 24.5. The van der Waals surface area contributed by atoms with Gasteiger partial charge in [0.25, 0.3) is 5.91 Å². The molecule has 7 heteroatoms. The highest BCUT2D eigenvalue weighted by Gasteiger charge is 2.33. The van der Waals surface area contributed by atoms with Gasteiger partial charge in [0.2, 0.25) is 5.91 Å². The molecule has 0 bridgehead atoms. The summed E-state index contributed by atoms with van der Waals surface area (Å²) in [6.45, 7) is 4.67. The van der Waals surface area contributed by atoms with Crippen LogP contribution >= 0.6 is 11.6 Å². The Kier molecular flexibility index (Phi) is 7.23. The number of benzene rings is 1. The number of hydrogen-bond donors (Lipinski definition) is 3. The third-order valence-electron chi connectivity index (χ3n) is 4.60. The van der Waals surface area contributed by atoms with Crippen LogP contribution in [0.3, 0.4) is 0 Å². The molecular weight excluding hydrogens is 342 g/mol. The summed E-state index contributed by atoms with van der Waals surface area (Å²) in [7, 11) is 1.68. The van der Waals surface area contributed by atoms with E-state index < -0.39 is 6.04 Å². The number of rotatable bonds is 7. The maximum Gasteiger partial charge on any atom is 0.251 e. The zero-order valence-corrected chi connectivity index (χ0v) is 15.5. The molecule has 0 spiro atoms. The number of carbonyl (C=O) groups excluding carboxylic acids is 2. The van der Waals surface area contributed by atoms with E-state index in [2.05, 4.69) is 16.0 Å². The monoisotopic (exact) mass is 367 g/mol. The third-order valence-corrected chi connectivity index (χ3v) is 4.85. The minimum Gasteiger partial charge on any atom is -0.384 e. The Morgan fingerprint density at radius 2 is 1.92 bits per heavy atom. The largest absolute Gasteiger partial charge is 0.384 e. The van der Waals surface area contributed by atoms with Crippen molar-refractivity contribution < 1.29 is 14.3 Å². The van der Waals surface area contributed by atoms with Gasteiger partial charge in [-0.25, -0.2) is 0 Å². The van der Waals surface area contributed by atoms with E-state index in [9.17, 15) is 9.59 Å². The summed E-state index contributed by atoms with van der Waals surface area (Å²) in [6, 6.07) is 5.93. The Morgan fingerprint density at radius 3 is 2.52 bits per heavy atom. The van der Waals surface area contributed by atoms with Crippen molar-refractivity contribution in [2.45, 2.75) is 25.8 Å². The summed E-state index contributed by atoms with van der Waals surface area (Å²) in [5, 5.41) is 9.56.